The number of rotatable bonds is 5. The van der Waals surface area contributed by atoms with Gasteiger partial charge in [0.25, 0.3) is 0 Å². The average Bonchev–Trinajstić information content (AvgIpc) is 2.75. The number of imidazole rings is 1. The molecule has 0 aliphatic carbocycles. The second-order valence-corrected chi connectivity index (χ2v) is 4.66. The third kappa shape index (κ3) is 3.23. The Labute approximate surface area is 110 Å². The van der Waals surface area contributed by atoms with Gasteiger partial charge in [0.15, 0.2) is 0 Å². The Hall–Kier alpha value is -2.08. The van der Waals surface area contributed by atoms with Crippen LogP contribution in [0.25, 0.3) is 11.0 Å². The highest BCUT2D eigenvalue weighted by atomic mass is 16.2. The first kappa shape index (κ1) is 13.4. The fourth-order valence-electron chi connectivity index (χ4n) is 1.93. The van der Waals surface area contributed by atoms with Gasteiger partial charge in [0.05, 0.1) is 11.0 Å². The van der Waals surface area contributed by atoms with Crippen LogP contribution in [0.1, 0.15) is 18.9 Å². The summed E-state index contributed by atoms with van der Waals surface area (Å²) in [6, 6.07) is 5.54. The molecule has 2 aromatic rings. The molecule has 1 unspecified atom stereocenters. The summed E-state index contributed by atoms with van der Waals surface area (Å²) in [5.74, 6) is -0.0890. The monoisotopic (exact) mass is 262 g/mol. The molecule has 102 valence electrons. The van der Waals surface area contributed by atoms with E-state index in [1.54, 1.807) is 0 Å². The molecule has 0 aliphatic heterocycles. The van der Waals surface area contributed by atoms with Crippen molar-refractivity contribution in [2.75, 3.05) is 6.54 Å². The average molecular weight is 262 g/mol. The molecule has 0 aliphatic rings. The van der Waals surface area contributed by atoms with Crippen molar-refractivity contribution in [3.63, 3.8) is 0 Å². The van der Waals surface area contributed by atoms with Crippen molar-refractivity contribution < 1.29 is 4.79 Å². The fourth-order valence-corrected chi connectivity index (χ4v) is 1.93. The van der Waals surface area contributed by atoms with E-state index in [1.807, 2.05) is 25.1 Å². The lowest BCUT2D eigenvalue weighted by Gasteiger charge is -2.11. The number of nitrogens with one attached hydrogen (secondary N) is 3. The zero-order chi connectivity index (χ0) is 13.8. The van der Waals surface area contributed by atoms with Gasteiger partial charge >= 0.3 is 5.69 Å². The van der Waals surface area contributed by atoms with Gasteiger partial charge in [-0.15, -0.1) is 0 Å². The molecule has 5 N–H and O–H groups in total. The van der Waals surface area contributed by atoms with E-state index in [1.165, 1.54) is 0 Å². The maximum Gasteiger partial charge on any atom is 0.323 e. The van der Waals surface area contributed by atoms with Crippen molar-refractivity contribution in [3.8, 4) is 0 Å². The Bertz CT molecular complexity index is 629. The van der Waals surface area contributed by atoms with E-state index in [0.717, 1.165) is 16.6 Å². The summed E-state index contributed by atoms with van der Waals surface area (Å²) in [5, 5.41) is 2.86. The summed E-state index contributed by atoms with van der Waals surface area (Å²) in [7, 11) is 0. The number of aromatic amines is 2. The van der Waals surface area contributed by atoms with Crippen LogP contribution in [0.3, 0.4) is 0 Å². The Balaban J connectivity index is 2.01. The first-order valence-electron chi connectivity index (χ1n) is 6.29. The number of hydrogen-bond acceptors (Lipinski definition) is 3. The molecule has 0 spiro atoms. The quantitative estimate of drug-likeness (QED) is 0.629. The normalized spacial score (nSPS) is 12.5. The van der Waals surface area contributed by atoms with Crippen molar-refractivity contribution in [1.29, 1.82) is 0 Å². The standard InChI is InChI=1S/C13H18N4O2/c1-8(4-5-14)12(18)15-7-9-2-3-10-11(6-9)17-13(19)16-10/h2-3,6,8H,4-5,7,14H2,1H3,(H,15,18)(H2,16,17,19). The number of carbonyl (C=O) groups excluding carboxylic acids is 1. The first-order chi connectivity index (χ1) is 9.10. The molecule has 2 rings (SSSR count). The molecule has 19 heavy (non-hydrogen) atoms. The van der Waals surface area contributed by atoms with E-state index >= 15 is 0 Å². The second kappa shape index (κ2) is 5.71. The number of amides is 1. The van der Waals surface area contributed by atoms with Crippen LogP contribution >= 0.6 is 0 Å². The molecule has 0 bridgehead atoms. The third-order valence-electron chi connectivity index (χ3n) is 3.09. The molecular formula is C13H18N4O2. The molecule has 0 saturated carbocycles. The van der Waals surface area contributed by atoms with Gasteiger partial charge in [-0.3, -0.25) is 4.79 Å². The molecule has 1 aromatic carbocycles. The molecule has 1 aromatic heterocycles. The van der Waals surface area contributed by atoms with E-state index in [-0.39, 0.29) is 17.5 Å². The highest BCUT2D eigenvalue weighted by molar-refractivity contribution is 5.79. The Morgan fingerprint density at radius 2 is 2.11 bits per heavy atom. The number of benzene rings is 1. The van der Waals surface area contributed by atoms with Gasteiger partial charge in [0.2, 0.25) is 5.91 Å². The van der Waals surface area contributed by atoms with Crippen LogP contribution in [0.4, 0.5) is 0 Å². The van der Waals surface area contributed by atoms with E-state index in [2.05, 4.69) is 15.3 Å². The lowest BCUT2D eigenvalue weighted by molar-refractivity contribution is -0.124. The van der Waals surface area contributed by atoms with Gasteiger partial charge < -0.3 is 21.0 Å². The zero-order valence-corrected chi connectivity index (χ0v) is 10.8. The van der Waals surface area contributed by atoms with Crippen LogP contribution in [0, 0.1) is 5.92 Å². The van der Waals surface area contributed by atoms with E-state index < -0.39 is 0 Å². The van der Waals surface area contributed by atoms with E-state index in [4.69, 9.17) is 5.73 Å². The summed E-state index contributed by atoms with van der Waals surface area (Å²) in [6.07, 6.45) is 0.677. The van der Waals surface area contributed by atoms with Crippen LogP contribution < -0.4 is 16.7 Å². The topological polar surface area (TPSA) is 104 Å². The molecule has 0 saturated heterocycles. The minimum absolute atomic E-state index is 0.00638. The molecule has 0 radical (unpaired) electrons. The maximum atomic E-state index is 11.7. The molecule has 0 fully saturated rings. The molecule has 1 atom stereocenters. The number of fused-ring (bicyclic) bond motifs is 1. The molecule has 6 heteroatoms. The number of carbonyl (C=O) groups is 1. The molecule has 1 heterocycles. The summed E-state index contributed by atoms with van der Waals surface area (Å²) < 4.78 is 0. The minimum Gasteiger partial charge on any atom is -0.352 e. The first-order valence-corrected chi connectivity index (χ1v) is 6.29. The molecule has 6 nitrogen and oxygen atoms in total. The van der Waals surface area contributed by atoms with Crippen LogP contribution in [0.15, 0.2) is 23.0 Å². The minimum atomic E-state index is -0.229. The summed E-state index contributed by atoms with van der Waals surface area (Å²) in [6.45, 7) is 2.80. The van der Waals surface area contributed by atoms with Crippen molar-refractivity contribution in [2.24, 2.45) is 11.7 Å². The predicted octanol–water partition coefficient (Wildman–Crippen LogP) is 0.457. The van der Waals surface area contributed by atoms with Crippen molar-refractivity contribution in [2.45, 2.75) is 19.9 Å². The fraction of sp³-hybridized carbons (Fsp3) is 0.385. The van der Waals surface area contributed by atoms with E-state index in [0.29, 0.717) is 19.5 Å². The van der Waals surface area contributed by atoms with Crippen LogP contribution in [0.2, 0.25) is 0 Å². The van der Waals surface area contributed by atoms with Crippen LogP contribution in [0.5, 0.6) is 0 Å². The van der Waals surface area contributed by atoms with Crippen LogP contribution in [-0.2, 0) is 11.3 Å². The van der Waals surface area contributed by atoms with Crippen molar-refractivity contribution >= 4 is 16.9 Å². The zero-order valence-electron chi connectivity index (χ0n) is 10.8. The summed E-state index contributed by atoms with van der Waals surface area (Å²) in [5.41, 5.74) is 7.64. The lowest BCUT2D eigenvalue weighted by Crippen LogP contribution is -2.29. The highest BCUT2D eigenvalue weighted by Crippen LogP contribution is 2.10. The van der Waals surface area contributed by atoms with Crippen LogP contribution in [-0.4, -0.2) is 22.4 Å². The predicted molar refractivity (Wildman–Crippen MR) is 73.6 cm³/mol. The van der Waals surface area contributed by atoms with E-state index in [9.17, 15) is 9.59 Å². The highest BCUT2D eigenvalue weighted by Gasteiger charge is 2.11. The summed E-state index contributed by atoms with van der Waals surface area (Å²) >= 11 is 0. The molecular weight excluding hydrogens is 244 g/mol. The lowest BCUT2D eigenvalue weighted by atomic mass is 10.1. The van der Waals surface area contributed by atoms with Gasteiger partial charge in [-0.25, -0.2) is 4.79 Å². The Morgan fingerprint density at radius 1 is 1.37 bits per heavy atom. The summed E-state index contributed by atoms with van der Waals surface area (Å²) in [4.78, 5) is 28.2. The maximum absolute atomic E-state index is 11.7. The van der Waals surface area contributed by atoms with Crippen molar-refractivity contribution in [1.82, 2.24) is 15.3 Å². The Morgan fingerprint density at radius 3 is 2.84 bits per heavy atom. The number of nitrogens with two attached hydrogens (primary N) is 1. The molecule has 1 amide bonds. The van der Waals surface area contributed by atoms with Gasteiger partial charge in [-0.05, 0) is 30.7 Å². The van der Waals surface area contributed by atoms with Gasteiger partial charge in [-0.1, -0.05) is 13.0 Å². The van der Waals surface area contributed by atoms with Crippen molar-refractivity contribution in [3.05, 3.63) is 34.2 Å². The number of H-pyrrole nitrogens is 2. The number of hydrogen-bond donors (Lipinski definition) is 4. The van der Waals surface area contributed by atoms with Gasteiger partial charge in [-0.2, -0.15) is 0 Å². The second-order valence-electron chi connectivity index (χ2n) is 4.66. The Kier molecular flexibility index (Phi) is 4.01. The smallest absolute Gasteiger partial charge is 0.323 e. The number of aromatic nitrogens is 2. The largest absolute Gasteiger partial charge is 0.352 e. The van der Waals surface area contributed by atoms with Gasteiger partial charge in [0, 0.05) is 12.5 Å². The van der Waals surface area contributed by atoms with Gasteiger partial charge in [0.1, 0.15) is 0 Å². The third-order valence-corrected chi connectivity index (χ3v) is 3.09. The SMILES string of the molecule is CC(CCN)C(=O)NCc1ccc2[nH]c(=O)[nH]c2c1.